The molecule has 0 heterocycles. The molecule has 0 aliphatic heterocycles. The SMILES string of the molecule is C#CCCCC(CC1CC(OCC)C1)NC. The standard InChI is InChI=1S/C14H25NO/c1-4-6-7-8-13(15-3)9-12-10-14(11-12)16-5-2/h1,12-15H,5-11H2,2-3H3. The van der Waals surface area contributed by atoms with Crippen molar-refractivity contribution in [3.8, 4) is 12.3 Å². The predicted molar refractivity (Wildman–Crippen MR) is 68.3 cm³/mol. The molecular formula is C14H25NO. The summed E-state index contributed by atoms with van der Waals surface area (Å²) in [7, 11) is 2.05. The topological polar surface area (TPSA) is 21.3 Å². The fraction of sp³-hybridized carbons (Fsp3) is 0.857. The molecule has 2 nitrogen and oxygen atoms in total. The van der Waals surface area contributed by atoms with Gasteiger partial charge in [0.2, 0.25) is 0 Å². The zero-order valence-electron chi connectivity index (χ0n) is 10.7. The average molecular weight is 223 g/mol. The van der Waals surface area contributed by atoms with Gasteiger partial charge in [-0.1, -0.05) is 0 Å². The molecule has 0 saturated heterocycles. The second-order valence-electron chi connectivity index (χ2n) is 4.73. The molecule has 92 valence electrons. The van der Waals surface area contributed by atoms with Crippen molar-refractivity contribution in [2.75, 3.05) is 13.7 Å². The van der Waals surface area contributed by atoms with Gasteiger partial charge in [-0.25, -0.2) is 0 Å². The summed E-state index contributed by atoms with van der Waals surface area (Å²) in [6, 6.07) is 0.640. The summed E-state index contributed by atoms with van der Waals surface area (Å²) in [6.45, 7) is 2.93. The van der Waals surface area contributed by atoms with Crippen molar-refractivity contribution >= 4 is 0 Å². The van der Waals surface area contributed by atoms with Crippen LogP contribution in [0.15, 0.2) is 0 Å². The second kappa shape index (κ2) is 7.70. The van der Waals surface area contributed by atoms with Crippen LogP contribution in [-0.4, -0.2) is 25.8 Å². The maximum absolute atomic E-state index is 5.57. The molecule has 0 radical (unpaired) electrons. The molecule has 1 atom stereocenters. The van der Waals surface area contributed by atoms with E-state index in [1.807, 2.05) is 0 Å². The maximum atomic E-state index is 5.57. The van der Waals surface area contributed by atoms with Gasteiger partial charge in [-0.15, -0.1) is 12.3 Å². The van der Waals surface area contributed by atoms with Gasteiger partial charge < -0.3 is 10.1 Å². The van der Waals surface area contributed by atoms with E-state index in [2.05, 4.69) is 25.2 Å². The monoisotopic (exact) mass is 223 g/mol. The first-order valence-electron chi connectivity index (χ1n) is 6.52. The summed E-state index contributed by atoms with van der Waals surface area (Å²) >= 11 is 0. The van der Waals surface area contributed by atoms with E-state index < -0.39 is 0 Å². The average Bonchev–Trinajstić information content (AvgIpc) is 2.24. The Bertz CT molecular complexity index is 215. The molecule has 1 saturated carbocycles. The highest BCUT2D eigenvalue weighted by Crippen LogP contribution is 2.34. The van der Waals surface area contributed by atoms with Gasteiger partial charge in [0.1, 0.15) is 0 Å². The van der Waals surface area contributed by atoms with Crippen LogP contribution in [0.2, 0.25) is 0 Å². The molecule has 0 spiro atoms. The van der Waals surface area contributed by atoms with Gasteiger partial charge >= 0.3 is 0 Å². The summed E-state index contributed by atoms with van der Waals surface area (Å²) in [5, 5.41) is 3.40. The Morgan fingerprint density at radius 3 is 2.81 bits per heavy atom. The summed E-state index contributed by atoms with van der Waals surface area (Å²) < 4.78 is 5.57. The number of rotatable bonds is 8. The Morgan fingerprint density at radius 2 is 2.25 bits per heavy atom. The lowest BCUT2D eigenvalue weighted by Gasteiger charge is -2.37. The fourth-order valence-corrected chi connectivity index (χ4v) is 2.47. The van der Waals surface area contributed by atoms with Crippen LogP contribution in [0.1, 0.15) is 45.4 Å². The minimum Gasteiger partial charge on any atom is -0.378 e. The zero-order chi connectivity index (χ0) is 11.8. The van der Waals surface area contributed by atoms with Crippen LogP contribution in [0.3, 0.4) is 0 Å². The fourth-order valence-electron chi connectivity index (χ4n) is 2.47. The molecule has 1 aliphatic carbocycles. The highest BCUT2D eigenvalue weighted by Gasteiger charge is 2.30. The maximum Gasteiger partial charge on any atom is 0.0580 e. The minimum absolute atomic E-state index is 0.540. The molecule has 0 aromatic carbocycles. The van der Waals surface area contributed by atoms with Gasteiger partial charge in [0.05, 0.1) is 6.10 Å². The van der Waals surface area contributed by atoms with E-state index in [9.17, 15) is 0 Å². The van der Waals surface area contributed by atoms with Crippen molar-refractivity contribution in [2.24, 2.45) is 5.92 Å². The molecule has 2 heteroatoms. The van der Waals surface area contributed by atoms with Crippen LogP contribution < -0.4 is 5.32 Å². The third-order valence-electron chi connectivity index (χ3n) is 3.49. The molecule has 0 aromatic rings. The van der Waals surface area contributed by atoms with E-state index in [1.165, 1.54) is 25.7 Å². The zero-order valence-corrected chi connectivity index (χ0v) is 10.7. The van der Waals surface area contributed by atoms with E-state index in [-0.39, 0.29) is 0 Å². The smallest absolute Gasteiger partial charge is 0.0580 e. The first-order valence-corrected chi connectivity index (χ1v) is 6.52. The van der Waals surface area contributed by atoms with E-state index in [0.717, 1.165) is 25.4 Å². The lowest BCUT2D eigenvalue weighted by Crippen LogP contribution is -2.37. The Kier molecular flexibility index (Phi) is 6.52. The van der Waals surface area contributed by atoms with Crippen molar-refractivity contribution in [3.63, 3.8) is 0 Å². The molecule has 16 heavy (non-hydrogen) atoms. The van der Waals surface area contributed by atoms with Crippen LogP contribution >= 0.6 is 0 Å². The van der Waals surface area contributed by atoms with Gasteiger partial charge in [-0.05, 0) is 52.0 Å². The number of ether oxygens (including phenoxy) is 1. The molecule has 1 aliphatic rings. The van der Waals surface area contributed by atoms with Gasteiger partial charge in [-0.2, -0.15) is 0 Å². The van der Waals surface area contributed by atoms with Crippen molar-refractivity contribution in [1.82, 2.24) is 5.32 Å². The molecule has 0 aromatic heterocycles. The molecule has 0 amide bonds. The minimum atomic E-state index is 0.540. The summed E-state index contributed by atoms with van der Waals surface area (Å²) in [6.07, 6.45) is 12.8. The van der Waals surface area contributed by atoms with E-state index in [0.29, 0.717) is 12.1 Å². The van der Waals surface area contributed by atoms with Crippen LogP contribution in [-0.2, 0) is 4.74 Å². The molecule has 1 unspecified atom stereocenters. The highest BCUT2D eigenvalue weighted by atomic mass is 16.5. The third kappa shape index (κ3) is 4.55. The van der Waals surface area contributed by atoms with Gasteiger partial charge in [-0.3, -0.25) is 0 Å². The Balaban J connectivity index is 2.08. The molecular weight excluding hydrogens is 198 g/mol. The van der Waals surface area contributed by atoms with Crippen molar-refractivity contribution in [3.05, 3.63) is 0 Å². The second-order valence-corrected chi connectivity index (χ2v) is 4.73. The normalized spacial score (nSPS) is 25.8. The van der Waals surface area contributed by atoms with Gasteiger partial charge in [0.15, 0.2) is 0 Å². The quantitative estimate of drug-likeness (QED) is 0.504. The summed E-state index contributed by atoms with van der Waals surface area (Å²) in [5.74, 6) is 3.57. The van der Waals surface area contributed by atoms with E-state index >= 15 is 0 Å². The molecule has 0 bridgehead atoms. The lowest BCUT2D eigenvalue weighted by molar-refractivity contribution is -0.0290. The largest absolute Gasteiger partial charge is 0.378 e. The number of terminal acetylenes is 1. The van der Waals surface area contributed by atoms with Crippen molar-refractivity contribution in [1.29, 1.82) is 0 Å². The van der Waals surface area contributed by atoms with Crippen LogP contribution in [0.5, 0.6) is 0 Å². The van der Waals surface area contributed by atoms with Crippen molar-refractivity contribution in [2.45, 2.75) is 57.6 Å². The Hall–Kier alpha value is -0.520. The van der Waals surface area contributed by atoms with Crippen LogP contribution in [0, 0.1) is 18.3 Å². The number of hydrogen-bond donors (Lipinski definition) is 1. The Labute approximate surface area is 100 Å². The van der Waals surface area contributed by atoms with Gasteiger partial charge in [0.25, 0.3) is 0 Å². The number of unbranched alkanes of at least 4 members (excludes halogenated alkanes) is 1. The third-order valence-corrected chi connectivity index (χ3v) is 3.49. The highest BCUT2D eigenvalue weighted by molar-refractivity contribution is 4.86. The lowest BCUT2D eigenvalue weighted by atomic mass is 9.77. The molecule has 1 rings (SSSR count). The van der Waals surface area contributed by atoms with Crippen LogP contribution in [0.25, 0.3) is 0 Å². The molecule has 1 N–H and O–H groups in total. The van der Waals surface area contributed by atoms with E-state index in [4.69, 9.17) is 11.2 Å². The molecule has 1 fully saturated rings. The number of nitrogens with one attached hydrogen (secondary N) is 1. The van der Waals surface area contributed by atoms with E-state index in [1.54, 1.807) is 0 Å². The van der Waals surface area contributed by atoms with Crippen LogP contribution in [0.4, 0.5) is 0 Å². The predicted octanol–water partition coefficient (Wildman–Crippen LogP) is 2.58. The summed E-state index contributed by atoms with van der Waals surface area (Å²) in [4.78, 5) is 0. The van der Waals surface area contributed by atoms with Gasteiger partial charge in [0, 0.05) is 19.1 Å². The number of hydrogen-bond acceptors (Lipinski definition) is 2. The Morgan fingerprint density at radius 1 is 1.50 bits per heavy atom. The first kappa shape index (κ1) is 13.5. The summed E-state index contributed by atoms with van der Waals surface area (Å²) in [5.41, 5.74) is 0. The first-order chi connectivity index (χ1) is 7.80. The van der Waals surface area contributed by atoms with Crippen molar-refractivity contribution < 1.29 is 4.74 Å².